The van der Waals surface area contributed by atoms with Crippen molar-refractivity contribution in [1.29, 1.82) is 0 Å². The van der Waals surface area contributed by atoms with E-state index < -0.39 is 0 Å². The third-order valence-corrected chi connectivity index (χ3v) is 4.52. The summed E-state index contributed by atoms with van der Waals surface area (Å²) in [4.78, 5) is 9.35. The van der Waals surface area contributed by atoms with Gasteiger partial charge < -0.3 is 9.80 Å². The average Bonchev–Trinajstić information content (AvgIpc) is 2.75. The van der Waals surface area contributed by atoms with Crippen LogP contribution in [0.2, 0.25) is 5.02 Å². The summed E-state index contributed by atoms with van der Waals surface area (Å²) in [5, 5.41) is 1.85. The topological polar surface area (TPSA) is 19.4 Å². The number of fused-ring (bicyclic) bond motifs is 1. The molecule has 0 aliphatic carbocycles. The number of para-hydroxylation sites is 1. The Labute approximate surface area is 122 Å². The van der Waals surface area contributed by atoms with Crippen LogP contribution < -0.4 is 4.90 Å². The number of nitrogens with zero attached hydrogens (tertiary/aromatic N) is 3. The van der Waals surface area contributed by atoms with Crippen LogP contribution in [0.25, 0.3) is 10.2 Å². The normalized spacial score (nSPS) is 16.9. The summed E-state index contributed by atoms with van der Waals surface area (Å²) in [5.41, 5.74) is 0.938. The fourth-order valence-electron chi connectivity index (χ4n) is 2.04. The van der Waals surface area contributed by atoms with Gasteiger partial charge in [-0.25, -0.2) is 4.98 Å². The summed E-state index contributed by atoms with van der Waals surface area (Å²) < 4.78 is 1.17. The van der Waals surface area contributed by atoms with Crippen molar-refractivity contribution < 1.29 is 0 Å². The maximum Gasteiger partial charge on any atom is 0.186 e. The van der Waals surface area contributed by atoms with Gasteiger partial charge in [-0.15, -0.1) is 12.4 Å². The Morgan fingerprint density at radius 2 is 1.94 bits per heavy atom. The number of aromatic nitrogens is 1. The first kappa shape index (κ1) is 13.9. The molecule has 1 aliphatic rings. The largest absolute Gasteiger partial charge is 0.345 e. The lowest BCUT2D eigenvalue weighted by atomic mass is 10.3. The van der Waals surface area contributed by atoms with E-state index in [0.717, 1.165) is 41.8 Å². The molecule has 0 spiro atoms. The van der Waals surface area contributed by atoms with Gasteiger partial charge in [0.1, 0.15) is 5.52 Å². The summed E-state index contributed by atoms with van der Waals surface area (Å²) in [7, 11) is 2.16. The van der Waals surface area contributed by atoms with E-state index in [2.05, 4.69) is 27.9 Å². The molecule has 0 radical (unpaired) electrons. The molecule has 1 aromatic carbocycles. The molecule has 1 saturated heterocycles. The highest BCUT2D eigenvalue weighted by molar-refractivity contribution is 7.22. The number of hydrogen-bond donors (Lipinski definition) is 0. The maximum atomic E-state index is 6.15. The zero-order chi connectivity index (χ0) is 11.8. The highest BCUT2D eigenvalue weighted by Crippen LogP contribution is 2.32. The second-order valence-electron chi connectivity index (χ2n) is 4.37. The van der Waals surface area contributed by atoms with Gasteiger partial charge in [0.2, 0.25) is 0 Å². The number of piperazine rings is 1. The molecule has 98 valence electrons. The molecule has 1 aliphatic heterocycles. The smallest absolute Gasteiger partial charge is 0.186 e. The van der Waals surface area contributed by atoms with Gasteiger partial charge >= 0.3 is 0 Å². The number of thiazole rings is 1. The standard InChI is InChI=1S/C12H14ClN3S.ClH/c1-15-5-7-16(8-6-15)12-14-11-9(13)3-2-4-10(11)17-12;/h2-4H,5-8H2,1H3;1H. The summed E-state index contributed by atoms with van der Waals surface area (Å²) in [6.45, 7) is 4.30. The Bertz CT molecular complexity index is 535. The Morgan fingerprint density at radius 3 is 2.61 bits per heavy atom. The van der Waals surface area contributed by atoms with Crippen LogP contribution in [0.4, 0.5) is 5.13 Å². The zero-order valence-electron chi connectivity index (χ0n) is 10.1. The molecule has 0 unspecified atom stereocenters. The summed E-state index contributed by atoms with van der Waals surface area (Å²) >= 11 is 7.88. The van der Waals surface area contributed by atoms with Crippen molar-refractivity contribution in [2.75, 3.05) is 38.1 Å². The van der Waals surface area contributed by atoms with Crippen molar-refractivity contribution >= 4 is 50.7 Å². The molecule has 0 N–H and O–H groups in total. The molecule has 18 heavy (non-hydrogen) atoms. The van der Waals surface area contributed by atoms with Crippen LogP contribution in [-0.2, 0) is 0 Å². The quantitative estimate of drug-likeness (QED) is 0.807. The van der Waals surface area contributed by atoms with Gasteiger partial charge in [0.05, 0.1) is 9.72 Å². The van der Waals surface area contributed by atoms with Crippen LogP contribution in [0.15, 0.2) is 18.2 Å². The van der Waals surface area contributed by atoms with Crippen molar-refractivity contribution in [2.24, 2.45) is 0 Å². The van der Waals surface area contributed by atoms with Gasteiger partial charge in [-0.2, -0.15) is 0 Å². The van der Waals surface area contributed by atoms with E-state index in [0.29, 0.717) is 0 Å². The van der Waals surface area contributed by atoms with Crippen LogP contribution >= 0.6 is 35.3 Å². The fraction of sp³-hybridized carbons (Fsp3) is 0.417. The molecule has 0 bridgehead atoms. The predicted molar refractivity (Wildman–Crippen MR) is 81.6 cm³/mol. The van der Waals surface area contributed by atoms with Gasteiger partial charge in [0, 0.05) is 26.2 Å². The lowest BCUT2D eigenvalue weighted by Gasteiger charge is -2.32. The molecular formula is C12H15Cl2N3S. The number of anilines is 1. The molecule has 0 amide bonds. The molecule has 0 saturated carbocycles. The molecule has 1 fully saturated rings. The Balaban J connectivity index is 0.00000120. The highest BCUT2D eigenvalue weighted by atomic mass is 35.5. The van der Waals surface area contributed by atoms with Crippen LogP contribution in [0, 0.1) is 0 Å². The van der Waals surface area contributed by atoms with Crippen LogP contribution in [-0.4, -0.2) is 43.1 Å². The maximum absolute atomic E-state index is 6.15. The summed E-state index contributed by atoms with van der Waals surface area (Å²) in [6.07, 6.45) is 0. The van der Waals surface area contributed by atoms with Gasteiger partial charge in [-0.1, -0.05) is 29.0 Å². The van der Waals surface area contributed by atoms with E-state index in [9.17, 15) is 0 Å². The molecule has 0 atom stereocenters. The number of hydrogen-bond acceptors (Lipinski definition) is 4. The first-order valence-electron chi connectivity index (χ1n) is 5.72. The van der Waals surface area contributed by atoms with Gasteiger partial charge in [0.15, 0.2) is 5.13 Å². The number of rotatable bonds is 1. The average molecular weight is 304 g/mol. The minimum Gasteiger partial charge on any atom is -0.345 e. The minimum atomic E-state index is 0. The van der Waals surface area contributed by atoms with E-state index in [4.69, 9.17) is 11.6 Å². The molecule has 2 aromatic rings. The van der Waals surface area contributed by atoms with Gasteiger partial charge in [0.25, 0.3) is 0 Å². The van der Waals surface area contributed by atoms with Gasteiger partial charge in [-0.05, 0) is 19.2 Å². The highest BCUT2D eigenvalue weighted by Gasteiger charge is 2.18. The Hall–Kier alpha value is -0.550. The number of benzene rings is 1. The van der Waals surface area contributed by atoms with E-state index in [-0.39, 0.29) is 12.4 Å². The lowest BCUT2D eigenvalue weighted by Crippen LogP contribution is -2.44. The predicted octanol–water partition coefficient (Wildman–Crippen LogP) is 3.12. The molecule has 3 nitrogen and oxygen atoms in total. The monoisotopic (exact) mass is 303 g/mol. The second-order valence-corrected chi connectivity index (χ2v) is 5.79. The van der Waals surface area contributed by atoms with Crippen molar-refractivity contribution in [2.45, 2.75) is 0 Å². The number of halogens is 2. The molecule has 6 heteroatoms. The second kappa shape index (κ2) is 5.61. The number of likely N-dealkylation sites (N-methyl/N-ethyl adjacent to an activating group) is 1. The van der Waals surface area contributed by atoms with Crippen LogP contribution in [0.1, 0.15) is 0 Å². The zero-order valence-corrected chi connectivity index (χ0v) is 12.5. The SMILES string of the molecule is CN1CCN(c2nc3c(Cl)cccc3s2)CC1.Cl. The van der Waals surface area contributed by atoms with Crippen molar-refractivity contribution in [3.8, 4) is 0 Å². The Kier molecular flexibility index (Phi) is 4.33. The van der Waals surface area contributed by atoms with Crippen molar-refractivity contribution in [1.82, 2.24) is 9.88 Å². The summed E-state index contributed by atoms with van der Waals surface area (Å²) in [5.74, 6) is 0. The van der Waals surface area contributed by atoms with Gasteiger partial charge in [-0.3, -0.25) is 0 Å². The van der Waals surface area contributed by atoms with E-state index >= 15 is 0 Å². The molecule has 2 heterocycles. The minimum absolute atomic E-state index is 0. The third kappa shape index (κ3) is 2.57. The van der Waals surface area contributed by atoms with Crippen molar-refractivity contribution in [3.05, 3.63) is 23.2 Å². The van der Waals surface area contributed by atoms with Crippen molar-refractivity contribution in [3.63, 3.8) is 0 Å². The fourth-order valence-corrected chi connectivity index (χ4v) is 3.35. The molecule has 1 aromatic heterocycles. The van der Waals surface area contributed by atoms with Crippen LogP contribution in [0.3, 0.4) is 0 Å². The lowest BCUT2D eigenvalue weighted by molar-refractivity contribution is 0.313. The first-order chi connectivity index (χ1) is 8.24. The molecule has 3 rings (SSSR count). The van der Waals surface area contributed by atoms with E-state index in [1.165, 1.54) is 4.70 Å². The van der Waals surface area contributed by atoms with E-state index in [1.54, 1.807) is 11.3 Å². The summed E-state index contributed by atoms with van der Waals surface area (Å²) in [6, 6.07) is 5.96. The Morgan fingerprint density at radius 1 is 1.22 bits per heavy atom. The van der Waals surface area contributed by atoms with E-state index in [1.807, 2.05) is 12.1 Å². The third-order valence-electron chi connectivity index (χ3n) is 3.13. The first-order valence-corrected chi connectivity index (χ1v) is 6.92. The molecular weight excluding hydrogens is 289 g/mol. The van der Waals surface area contributed by atoms with Crippen LogP contribution in [0.5, 0.6) is 0 Å².